The highest BCUT2D eigenvalue weighted by molar-refractivity contribution is 9.09. The van der Waals surface area contributed by atoms with Crippen LogP contribution >= 0.6 is 15.9 Å². The van der Waals surface area contributed by atoms with Gasteiger partial charge in [0.15, 0.2) is 0 Å². The van der Waals surface area contributed by atoms with Gasteiger partial charge < -0.3 is 9.47 Å². The Labute approximate surface area is 127 Å². The van der Waals surface area contributed by atoms with Crippen molar-refractivity contribution in [2.45, 2.75) is 18.4 Å². The van der Waals surface area contributed by atoms with Gasteiger partial charge in [-0.3, -0.25) is 0 Å². The van der Waals surface area contributed by atoms with Crippen LogP contribution in [0.15, 0.2) is 48.5 Å². The largest absolute Gasteiger partial charge is 0.497 e. The zero-order valence-electron chi connectivity index (χ0n) is 11.4. The Hall–Kier alpha value is -1.48. The Morgan fingerprint density at radius 2 is 2.00 bits per heavy atom. The summed E-state index contributed by atoms with van der Waals surface area (Å²) in [6.07, 6.45) is 1.19. The van der Waals surface area contributed by atoms with Gasteiger partial charge in [-0.1, -0.05) is 52.3 Å². The van der Waals surface area contributed by atoms with Crippen LogP contribution in [0.2, 0.25) is 0 Å². The van der Waals surface area contributed by atoms with Gasteiger partial charge in [0.05, 0.1) is 7.11 Å². The molecule has 0 bridgehead atoms. The molecule has 0 saturated carbocycles. The lowest BCUT2D eigenvalue weighted by Crippen LogP contribution is -2.27. The maximum absolute atomic E-state index is 6.05. The minimum atomic E-state index is 0.194. The molecule has 0 radical (unpaired) electrons. The van der Waals surface area contributed by atoms with Crippen molar-refractivity contribution in [2.75, 3.05) is 12.4 Å². The summed E-state index contributed by atoms with van der Waals surface area (Å²) in [6, 6.07) is 16.7. The lowest BCUT2D eigenvalue weighted by Gasteiger charge is -2.32. The predicted octanol–water partition coefficient (Wildman–Crippen LogP) is 4.37. The molecule has 2 nitrogen and oxygen atoms in total. The minimum absolute atomic E-state index is 0.194. The van der Waals surface area contributed by atoms with Crippen LogP contribution in [0, 0.1) is 0 Å². The van der Waals surface area contributed by atoms with Crippen LogP contribution in [0.5, 0.6) is 11.5 Å². The van der Waals surface area contributed by atoms with Crippen LogP contribution < -0.4 is 9.47 Å². The van der Waals surface area contributed by atoms with Crippen LogP contribution in [0.25, 0.3) is 0 Å². The molecule has 2 atom stereocenters. The minimum Gasteiger partial charge on any atom is -0.497 e. The molecule has 1 heterocycles. The van der Waals surface area contributed by atoms with Crippen molar-refractivity contribution in [3.05, 3.63) is 59.7 Å². The average Bonchev–Trinajstić information content (AvgIpc) is 2.53. The van der Waals surface area contributed by atoms with E-state index in [9.17, 15) is 0 Å². The van der Waals surface area contributed by atoms with E-state index in [0.717, 1.165) is 23.2 Å². The second-order valence-corrected chi connectivity index (χ2v) is 5.64. The summed E-state index contributed by atoms with van der Waals surface area (Å²) in [5, 5.41) is 0.840. The number of fused-ring (bicyclic) bond motifs is 1. The summed E-state index contributed by atoms with van der Waals surface area (Å²) in [6.45, 7) is 0. The molecule has 0 N–H and O–H groups in total. The molecule has 1 aliphatic rings. The Balaban J connectivity index is 2.04. The van der Waals surface area contributed by atoms with Gasteiger partial charge in [0.1, 0.15) is 17.6 Å². The monoisotopic (exact) mass is 332 g/mol. The summed E-state index contributed by atoms with van der Waals surface area (Å²) < 4.78 is 11.3. The number of halogens is 1. The van der Waals surface area contributed by atoms with Gasteiger partial charge in [0.25, 0.3) is 0 Å². The fraction of sp³-hybridized carbons (Fsp3) is 0.294. The highest BCUT2D eigenvalue weighted by Gasteiger charge is 2.29. The molecule has 20 heavy (non-hydrogen) atoms. The summed E-state index contributed by atoms with van der Waals surface area (Å²) in [5.74, 6) is 2.16. The number of ether oxygens (including phenoxy) is 2. The molecular formula is C17H17BrO2. The normalized spacial score (nSPS) is 20.9. The topological polar surface area (TPSA) is 18.5 Å². The van der Waals surface area contributed by atoms with Crippen molar-refractivity contribution in [3.63, 3.8) is 0 Å². The third-order valence-corrected chi connectivity index (χ3v) is 4.48. The number of rotatable bonds is 3. The molecule has 2 aromatic rings. The number of alkyl halides is 1. The SMILES string of the molecule is COc1ccc2c(c1)OC(CBr)CC2c1ccccc1. The Morgan fingerprint density at radius 1 is 1.20 bits per heavy atom. The van der Waals surface area contributed by atoms with Crippen molar-refractivity contribution in [1.29, 1.82) is 0 Å². The number of hydrogen-bond acceptors (Lipinski definition) is 2. The highest BCUT2D eigenvalue weighted by Crippen LogP contribution is 2.42. The highest BCUT2D eigenvalue weighted by atomic mass is 79.9. The van der Waals surface area contributed by atoms with Gasteiger partial charge in [0.2, 0.25) is 0 Å². The molecule has 0 spiro atoms. The lowest BCUT2D eigenvalue weighted by molar-refractivity contribution is 0.187. The molecule has 2 unspecified atom stereocenters. The first kappa shape index (κ1) is 13.5. The van der Waals surface area contributed by atoms with E-state index >= 15 is 0 Å². The van der Waals surface area contributed by atoms with Crippen LogP contribution in [0.3, 0.4) is 0 Å². The third kappa shape index (κ3) is 2.55. The molecule has 0 fully saturated rings. The summed E-state index contributed by atoms with van der Waals surface area (Å²) in [7, 11) is 1.68. The first-order chi connectivity index (χ1) is 9.81. The van der Waals surface area contributed by atoms with Gasteiger partial charge in [-0.25, -0.2) is 0 Å². The van der Waals surface area contributed by atoms with Crippen molar-refractivity contribution in [1.82, 2.24) is 0 Å². The van der Waals surface area contributed by atoms with E-state index < -0.39 is 0 Å². The Bertz CT molecular complexity index is 583. The fourth-order valence-corrected chi connectivity index (χ4v) is 3.14. The van der Waals surface area contributed by atoms with E-state index in [2.05, 4.69) is 52.3 Å². The Morgan fingerprint density at radius 3 is 2.70 bits per heavy atom. The molecule has 0 saturated heterocycles. The third-order valence-electron chi connectivity index (χ3n) is 3.76. The van der Waals surface area contributed by atoms with Gasteiger partial charge in [-0.15, -0.1) is 0 Å². The van der Waals surface area contributed by atoms with Crippen molar-refractivity contribution in [2.24, 2.45) is 0 Å². The van der Waals surface area contributed by atoms with Crippen molar-refractivity contribution < 1.29 is 9.47 Å². The average molecular weight is 333 g/mol. The quantitative estimate of drug-likeness (QED) is 0.777. The van der Waals surface area contributed by atoms with E-state index in [1.807, 2.05) is 12.1 Å². The number of benzene rings is 2. The summed E-state index contributed by atoms with van der Waals surface area (Å²) in [4.78, 5) is 0. The fourth-order valence-electron chi connectivity index (χ4n) is 2.74. The first-order valence-electron chi connectivity index (χ1n) is 6.77. The van der Waals surface area contributed by atoms with Gasteiger partial charge in [0, 0.05) is 22.9 Å². The number of methoxy groups -OCH3 is 1. The van der Waals surface area contributed by atoms with Crippen LogP contribution in [-0.4, -0.2) is 18.5 Å². The number of hydrogen-bond donors (Lipinski definition) is 0. The molecule has 0 aliphatic carbocycles. The second-order valence-electron chi connectivity index (χ2n) is 5.00. The van der Waals surface area contributed by atoms with Crippen LogP contribution in [-0.2, 0) is 0 Å². The molecule has 104 valence electrons. The first-order valence-corrected chi connectivity index (χ1v) is 7.89. The zero-order valence-corrected chi connectivity index (χ0v) is 13.0. The molecular weight excluding hydrogens is 316 g/mol. The molecule has 0 aromatic heterocycles. The van der Waals surface area contributed by atoms with Gasteiger partial charge in [-0.05, 0) is 18.1 Å². The zero-order chi connectivity index (χ0) is 13.9. The smallest absolute Gasteiger partial charge is 0.127 e. The second kappa shape index (κ2) is 5.88. The Kier molecular flexibility index (Phi) is 3.97. The predicted molar refractivity (Wildman–Crippen MR) is 84.1 cm³/mol. The van der Waals surface area contributed by atoms with E-state index in [1.54, 1.807) is 7.11 Å². The molecule has 2 aromatic carbocycles. The van der Waals surface area contributed by atoms with Gasteiger partial charge >= 0.3 is 0 Å². The lowest BCUT2D eigenvalue weighted by atomic mass is 9.84. The maximum Gasteiger partial charge on any atom is 0.127 e. The summed E-state index contributed by atoms with van der Waals surface area (Å²) in [5.41, 5.74) is 2.59. The van der Waals surface area contributed by atoms with E-state index in [1.165, 1.54) is 11.1 Å². The van der Waals surface area contributed by atoms with E-state index in [-0.39, 0.29) is 6.10 Å². The van der Waals surface area contributed by atoms with E-state index in [4.69, 9.17) is 9.47 Å². The molecule has 3 heteroatoms. The molecule has 1 aliphatic heterocycles. The van der Waals surface area contributed by atoms with E-state index in [0.29, 0.717) is 5.92 Å². The summed E-state index contributed by atoms with van der Waals surface area (Å²) >= 11 is 3.54. The van der Waals surface area contributed by atoms with Crippen LogP contribution in [0.1, 0.15) is 23.5 Å². The van der Waals surface area contributed by atoms with Crippen LogP contribution in [0.4, 0.5) is 0 Å². The maximum atomic E-state index is 6.05. The molecule has 3 rings (SSSR count). The van der Waals surface area contributed by atoms with Gasteiger partial charge in [-0.2, -0.15) is 0 Å². The van der Waals surface area contributed by atoms with Crippen molar-refractivity contribution >= 4 is 15.9 Å². The molecule has 0 amide bonds. The standard InChI is InChI=1S/C17H17BrO2/c1-19-13-7-8-15-16(12-5-3-2-4-6-12)9-14(11-18)20-17(15)10-13/h2-8,10,14,16H,9,11H2,1H3. The van der Waals surface area contributed by atoms with Crippen molar-refractivity contribution in [3.8, 4) is 11.5 Å².